The number of nitrogens with zero attached hydrogens (tertiary/aromatic N) is 2. The molecular weight excluding hydrogens is 338 g/mol. The van der Waals surface area contributed by atoms with Gasteiger partial charge in [-0.1, -0.05) is 0 Å². The van der Waals surface area contributed by atoms with E-state index >= 15 is 0 Å². The van der Waals surface area contributed by atoms with E-state index in [9.17, 15) is 14.4 Å². The highest BCUT2D eigenvalue weighted by Crippen LogP contribution is 2.23. The topological polar surface area (TPSA) is 129 Å². The van der Waals surface area contributed by atoms with E-state index in [0.717, 1.165) is 0 Å². The summed E-state index contributed by atoms with van der Waals surface area (Å²) in [5, 5.41) is 10.2. The largest absolute Gasteiger partial charge is 0.468 e. The van der Waals surface area contributed by atoms with Crippen LogP contribution in [0.5, 0.6) is 0 Å². The summed E-state index contributed by atoms with van der Waals surface area (Å²) in [6.45, 7) is 2.04. The molecule has 4 N–H and O–H groups in total. The number of nitrogens with one attached hydrogen (secondary N) is 2. The fraction of sp³-hybridized carbons (Fsp3) is 0.412. The average molecular weight is 361 g/mol. The van der Waals surface area contributed by atoms with Crippen LogP contribution >= 0.6 is 0 Å². The first kappa shape index (κ1) is 19.2. The lowest BCUT2D eigenvalue weighted by Crippen LogP contribution is -2.40. The van der Waals surface area contributed by atoms with E-state index < -0.39 is 5.97 Å². The third-order valence-electron chi connectivity index (χ3n) is 4.25. The molecule has 1 unspecified atom stereocenters. The van der Waals surface area contributed by atoms with Gasteiger partial charge in [-0.05, 0) is 30.7 Å². The van der Waals surface area contributed by atoms with Crippen molar-refractivity contribution in [1.82, 2.24) is 10.2 Å². The van der Waals surface area contributed by atoms with Gasteiger partial charge in [0, 0.05) is 31.3 Å². The second-order valence-corrected chi connectivity index (χ2v) is 5.98. The molecule has 0 bridgehead atoms. The number of ether oxygens (including phenoxy) is 1. The fourth-order valence-electron chi connectivity index (χ4n) is 2.78. The van der Waals surface area contributed by atoms with Crippen LogP contribution in [0.15, 0.2) is 24.3 Å². The standard InChI is InChI=1S/C17H23N5O4/c1-11(23)21(10-15(24)26-2)8-7-14-9-20-17(25)22(14)13-5-3-12(4-6-13)16(18)19/h3-6,14H,7-10H2,1-2H3,(H3,18,19)(H,20,25). The first-order chi connectivity index (χ1) is 12.3. The maximum absolute atomic E-state index is 12.2. The van der Waals surface area contributed by atoms with Crippen LogP contribution in [0.1, 0.15) is 18.9 Å². The van der Waals surface area contributed by atoms with Crippen LogP contribution in [-0.4, -0.2) is 61.4 Å². The lowest BCUT2D eigenvalue weighted by atomic mass is 10.1. The summed E-state index contributed by atoms with van der Waals surface area (Å²) in [6, 6.07) is 6.43. The molecule has 0 aromatic heterocycles. The van der Waals surface area contributed by atoms with E-state index in [2.05, 4.69) is 10.1 Å². The van der Waals surface area contributed by atoms with E-state index in [4.69, 9.17) is 11.1 Å². The number of nitrogens with two attached hydrogens (primary N) is 1. The van der Waals surface area contributed by atoms with Crippen molar-refractivity contribution >= 4 is 29.4 Å². The molecule has 1 aromatic rings. The van der Waals surface area contributed by atoms with E-state index in [-0.39, 0.29) is 30.4 Å². The van der Waals surface area contributed by atoms with Crippen molar-refractivity contribution in [3.63, 3.8) is 0 Å². The number of hydrogen-bond donors (Lipinski definition) is 3. The van der Waals surface area contributed by atoms with Crippen LogP contribution in [0.4, 0.5) is 10.5 Å². The number of carbonyl (C=O) groups is 3. The summed E-state index contributed by atoms with van der Waals surface area (Å²) in [7, 11) is 1.27. The predicted octanol–water partition coefficient (Wildman–Crippen LogP) is 0.280. The lowest BCUT2D eigenvalue weighted by molar-refractivity contribution is -0.146. The fourth-order valence-corrected chi connectivity index (χ4v) is 2.78. The van der Waals surface area contributed by atoms with Gasteiger partial charge in [-0.3, -0.25) is 19.9 Å². The van der Waals surface area contributed by atoms with Crippen LogP contribution in [0.25, 0.3) is 0 Å². The minimum atomic E-state index is -0.488. The molecule has 26 heavy (non-hydrogen) atoms. The SMILES string of the molecule is COC(=O)CN(CCC1CNC(=O)N1c1ccc(C(=N)N)cc1)C(C)=O. The number of carbonyl (C=O) groups excluding carboxylic acids is 3. The molecule has 0 saturated carbocycles. The van der Waals surface area contributed by atoms with Crippen molar-refractivity contribution in [2.75, 3.05) is 31.6 Å². The van der Waals surface area contributed by atoms with Gasteiger partial charge in [0.25, 0.3) is 0 Å². The quantitative estimate of drug-likeness (QED) is 0.365. The smallest absolute Gasteiger partial charge is 0.325 e. The Balaban J connectivity index is 2.07. The summed E-state index contributed by atoms with van der Waals surface area (Å²) >= 11 is 0. The van der Waals surface area contributed by atoms with Gasteiger partial charge in [-0.15, -0.1) is 0 Å². The van der Waals surface area contributed by atoms with Crippen molar-refractivity contribution in [3.05, 3.63) is 29.8 Å². The molecular formula is C17H23N5O4. The molecule has 0 spiro atoms. The Bertz CT molecular complexity index is 704. The summed E-state index contributed by atoms with van der Waals surface area (Å²) in [4.78, 5) is 38.3. The molecule has 1 atom stereocenters. The highest BCUT2D eigenvalue weighted by molar-refractivity contribution is 5.97. The number of hydrogen-bond acceptors (Lipinski definition) is 5. The molecule has 2 rings (SSSR count). The number of urea groups is 1. The van der Waals surface area contributed by atoms with Gasteiger partial charge in [-0.2, -0.15) is 0 Å². The summed E-state index contributed by atoms with van der Waals surface area (Å²) < 4.78 is 4.60. The molecule has 1 heterocycles. The summed E-state index contributed by atoms with van der Waals surface area (Å²) in [5.74, 6) is -0.763. The Morgan fingerprint density at radius 2 is 2.04 bits per heavy atom. The van der Waals surface area contributed by atoms with Gasteiger partial charge in [0.1, 0.15) is 12.4 Å². The summed E-state index contributed by atoms with van der Waals surface area (Å²) in [5.41, 5.74) is 6.70. The third kappa shape index (κ3) is 4.50. The number of nitrogen functional groups attached to an aromatic ring is 1. The maximum Gasteiger partial charge on any atom is 0.325 e. The van der Waals surface area contributed by atoms with E-state index in [1.165, 1.54) is 18.9 Å². The average Bonchev–Trinajstić information content (AvgIpc) is 2.98. The van der Waals surface area contributed by atoms with Gasteiger partial charge in [-0.25, -0.2) is 4.79 Å². The second-order valence-electron chi connectivity index (χ2n) is 5.98. The molecule has 1 aliphatic rings. The zero-order valence-electron chi connectivity index (χ0n) is 14.8. The van der Waals surface area contributed by atoms with Crippen LogP contribution in [0.3, 0.4) is 0 Å². The normalized spacial score (nSPS) is 16.2. The van der Waals surface area contributed by atoms with E-state index in [1.807, 2.05) is 0 Å². The molecule has 9 heteroatoms. The van der Waals surface area contributed by atoms with Gasteiger partial charge >= 0.3 is 12.0 Å². The van der Waals surface area contributed by atoms with Gasteiger partial charge in [0.15, 0.2) is 0 Å². The minimum Gasteiger partial charge on any atom is -0.468 e. The molecule has 1 aliphatic heterocycles. The number of anilines is 1. The second kappa shape index (κ2) is 8.32. The first-order valence-corrected chi connectivity index (χ1v) is 8.17. The van der Waals surface area contributed by atoms with Crippen molar-refractivity contribution in [2.24, 2.45) is 5.73 Å². The van der Waals surface area contributed by atoms with Crippen molar-refractivity contribution < 1.29 is 19.1 Å². The molecule has 1 fully saturated rings. The third-order valence-corrected chi connectivity index (χ3v) is 4.25. The van der Waals surface area contributed by atoms with Crippen molar-refractivity contribution in [2.45, 2.75) is 19.4 Å². The zero-order valence-corrected chi connectivity index (χ0v) is 14.8. The predicted molar refractivity (Wildman–Crippen MR) is 96.0 cm³/mol. The highest BCUT2D eigenvalue weighted by atomic mass is 16.5. The Morgan fingerprint density at radius 1 is 1.38 bits per heavy atom. The molecule has 0 aliphatic carbocycles. The number of benzene rings is 1. The van der Waals surface area contributed by atoms with Crippen molar-refractivity contribution in [1.29, 1.82) is 5.41 Å². The monoisotopic (exact) mass is 361 g/mol. The summed E-state index contributed by atoms with van der Waals surface area (Å²) in [6.07, 6.45) is 0.504. The van der Waals surface area contributed by atoms with Crippen LogP contribution in [0.2, 0.25) is 0 Å². The number of amides is 3. The molecule has 140 valence electrons. The molecule has 9 nitrogen and oxygen atoms in total. The number of amidine groups is 1. The first-order valence-electron chi connectivity index (χ1n) is 8.17. The van der Waals surface area contributed by atoms with E-state index in [1.54, 1.807) is 29.2 Å². The zero-order chi connectivity index (χ0) is 19.3. The molecule has 0 radical (unpaired) electrons. The Kier molecular flexibility index (Phi) is 6.16. The Labute approximate surface area is 151 Å². The Morgan fingerprint density at radius 3 is 2.58 bits per heavy atom. The maximum atomic E-state index is 12.2. The number of methoxy groups -OCH3 is 1. The number of rotatable bonds is 7. The van der Waals surface area contributed by atoms with Gasteiger partial charge in [0.05, 0.1) is 13.2 Å². The highest BCUT2D eigenvalue weighted by Gasteiger charge is 2.32. The molecule has 3 amide bonds. The Hall–Kier alpha value is -3.10. The van der Waals surface area contributed by atoms with Crippen LogP contribution < -0.4 is 16.0 Å². The van der Waals surface area contributed by atoms with Crippen LogP contribution in [0, 0.1) is 5.41 Å². The van der Waals surface area contributed by atoms with E-state index in [0.29, 0.717) is 30.8 Å². The van der Waals surface area contributed by atoms with Gasteiger partial charge in [0.2, 0.25) is 5.91 Å². The molecule has 1 saturated heterocycles. The minimum absolute atomic E-state index is 0.0427. The van der Waals surface area contributed by atoms with Crippen molar-refractivity contribution in [3.8, 4) is 0 Å². The number of esters is 1. The van der Waals surface area contributed by atoms with Crippen LogP contribution in [-0.2, 0) is 14.3 Å². The van der Waals surface area contributed by atoms with Gasteiger partial charge < -0.3 is 20.7 Å². The lowest BCUT2D eigenvalue weighted by Gasteiger charge is -2.26. The molecule has 1 aromatic carbocycles.